The summed E-state index contributed by atoms with van der Waals surface area (Å²) in [5, 5.41) is 25.8. The molecule has 0 spiro atoms. The molecule has 5 nitrogen and oxygen atoms in total. The van der Waals surface area contributed by atoms with Crippen molar-refractivity contribution in [1.29, 1.82) is 5.26 Å². The summed E-state index contributed by atoms with van der Waals surface area (Å²) in [5.74, 6) is 0. The molecule has 0 bridgehead atoms. The molecule has 0 saturated heterocycles. The zero-order chi connectivity index (χ0) is 44.8. The van der Waals surface area contributed by atoms with Gasteiger partial charge in [0, 0.05) is 86.1 Å². The maximum Gasteiger partial charge on any atom is 0.220 e. The highest BCUT2D eigenvalue weighted by Gasteiger charge is 2.33. The van der Waals surface area contributed by atoms with Crippen molar-refractivity contribution in [2.75, 3.05) is 0 Å². The fourth-order valence-electron chi connectivity index (χ4n) is 11.5. The van der Waals surface area contributed by atoms with Crippen molar-refractivity contribution in [3.63, 3.8) is 0 Å². The van der Waals surface area contributed by atoms with Gasteiger partial charge >= 0.3 is 0 Å². The number of aromatic nitrogens is 3. The molecule has 0 amide bonds. The minimum atomic E-state index is 0.420. The van der Waals surface area contributed by atoms with Crippen LogP contribution in [0.2, 0.25) is 0 Å². The molecule has 0 radical (unpaired) electrons. The Kier molecular flexibility index (Phi) is 7.61. The molecule has 0 aliphatic carbocycles. The Bertz CT molecular complexity index is 4660. The minimum absolute atomic E-state index is 0.420. The summed E-state index contributed by atoms with van der Waals surface area (Å²) in [6.07, 6.45) is 3.84. The van der Waals surface area contributed by atoms with Crippen molar-refractivity contribution in [3.8, 4) is 39.7 Å². The van der Waals surface area contributed by atoms with E-state index < -0.39 is 0 Å². The number of benzene rings is 10. The lowest BCUT2D eigenvalue weighted by atomic mass is 9.88. The first-order chi connectivity index (χ1) is 33.7. The van der Waals surface area contributed by atoms with Crippen LogP contribution in [-0.2, 0) is 0 Å². The Balaban J connectivity index is 1.24. The van der Waals surface area contributed by atoms with Gasteiger partial charge in [0.25, 0.3) is 0 Å². The lowest BCUT2D eigenvalue weighted by Gasteiger charge is -2.26. The standard InChI is InChI=1S/C61H31N5S2/c1-63-57-53(34-14-4-2-5-15-34)45(32-62)58(54(35-16-6-3-7-17-35)60(57)65-47-22-12-20-39-36-28-29-64-33-46(36)40-21-13-23-48(65)56(40)55(39)47)66-49-31-52-44(38-19-9-10-24-50(38)67-52)30-43(49)41-26-27-42-37-18-8-11-25-51(37)68-61(42)59(41)66/h2-31,33H. The largest absolute Gasteiger partial charge is 0.318 e. The Hall–Kier alpha value is -8.85. The van der Waals surface area contributed by atoms with Gasteiger partial charge in [0.15, 0.2) is 0 Å². The van der Waals surface area contributed by atoms with Gasteiger partial charge in [-0.15, -0.1) is 22.7 Å². The van der Waals surface area contributed by atoms with Crippen LogP contribution in [0.25, 0.3) is 144 Å². The van der Waals surface area contributed by atoms with Crippen LogP contribution in [0, 0.1) is 17.9 Å². The molecule has 5 heterocycles. The highest BCUT2D eigenvalue weighted by molar-refractivity contribution is 7.27. The molecule has 15 aromatic rings. The summed E-state index contributed by atoms with van der Waals surface area (Å²) >= 11 is 3.60. The highest BCUT2D eigenvalue weighted by atomic mass is 32.1. The fourth-order valence-corrected chi connectivity index (χ4v) is 13.9. The number of rotatable bonds is 4. The van der Waals surface area contributed by atoms with Gasteiger partial charge in [-0.2, -0.15) is 5.26 Å². The third-order valence-electron chi connectivity index (χ3n) is 14.2. The smallest absolute Gasteiger partial charge is 0.220 e. The first kappa shape index (κ1) is 37.4. The third-order valence-corrected chi connectivity index (χ3v) is 16.5. The van der Waals surface area contributed by atoms with Crippen LogP contribution < -0.4 is 0 Å². The molecule has 312 valence electrons. The molecule has 10 aromatic carbocycles. The van der Waals surface area contributed by atoms with Crippen LogP contribution in [0.1, 0.15) is 5.56 Å². The summed E-state index contributed by atoms with van der Waals surface area (Å²) in [4.78, 5) is 9.17. The topological polar surface area (TPSA) is 50.9 Å². The summed E-state index contributed by atoms with van der Waals surface area (Å²) in [5.41, 5.74) is 9.51. The number of hydrogen-bond donors (Lipinski definition) is 0. The van der Waals surface area contributed by atoms with E-state index in [-0.39, 0.29) is 0 Å². The Morgan fingerprint density at radius 1 is 0.471 bits per heavy atom. The molecule has 0 saturated carbocycles. The molecule has 0 N–H and O–H groups in total. The maximum absolute atomic E-state index is 12.1. The second-order valence-corrected chi connectivity index (χ2v) is 19.7. The molecule has 68 heavy (non-hydrogen) atoms. The van der Waals surface area contributed by atoms with Crippen molar-refractivity contribution in [3.05, 3.63) is 205 Å². The first-order valence-corrected chi connectivity index (χ1v) is 24.2. The first-order valence-electron chi connectivity index (χ1n) is 22.5. The SMILES string of the molecule is [C-]#[N+]c1c(-c2ccccc2)c(C#N)c(-n2c3cc4sc5ccccc5c4cc3c3ccc4c5ccccc5sc4c32)c(-c2ccccc2)c1-n1c2cccc3c4ccncc4c4cccc1c4c32. The van der Waals surface area contributed by atoms with Crippen LogP contribution in [0.15, 0.2) is 188 Å². The van der Waals surface area contributed by atoms with Crippen molar-refractivity contribution in [2.24, 2.45) is 0 Å². The van der Waals surface area contributed by atoms with E-state index in [4.69, 9.17) is 0 Å². The normalized spacial score (nSPS) is 12.1. The van der Waals surface area contributed by atoms with Crippen molar-refractivity contribution < 1.29 is 0 Å². The quantitative estimate of drug-likeness (QED) is 0.131. The van der Waals surface area contributed by atoms with Crippen LogP contribution in [-0.4, -0.2) is 14.1 Å². The van der Waals surface area contributed by atoms with E-state index >= 15 is 0 Å². The Morgan fingerprint density at radius 2 is 1.09 bits per heavy atom. The predicted molar refractivity (Wildman–Crippen MR) is 287 cm³/mol. The van der Waals surface area contributed by atoms with Gasteiger partial charge in [0.1, 0.15) is 6.07 Å². The van der Waals surface area contributed by atoms with Crippen LogP contribution in [0.5, 0.6) is 0 Å². The lowest BCUT2D eigenvalue weighted by molar-refractivity contribution is 1.14. The fraction of sp³-hybridized carbons (Fsp3) is 0. The van der Waals surface area contributed by atoms with Gasteiger partial charge in [-0.3, -0.25) is 4.98 Å². The predicted octanol–water partition coefficient (Wildman–Crippen LogP) is 17.5. The van der Waals surface area contributed by atoms with Gasteiger partial charge < -0.3 is 9.13 Å². The molecule has 15 rings (SSSR count). The van der Waals surface area contributed by atoms with E-state index in [0.29, 0.717) is 16.8 Å². The van der Waals surface area contributed by atoms with Gasteiger partial charge in [-0.25, -0.2) is 4.85 Å². The van der Waals surface area contributed by atoms with Gasteiger partial charge in [0.05, 0.1) is 50.3 Å². The van der Waals surface area contributed by atoms with E-state index in [1.54, 1.807) is 22.7 Å². The minimum Gasteiger partial charge on any atom is -0.318 e. The average molecular weight is 898 g/mol. The van der Waals surface area contributed by atoms with Crippen LogP contribution >= 0.6 is 22.7 Å². The molecule has 7 heteroatoms. The van der Waals surface area contributed by atoms with Crippen LogP contribution in [0.4, 0.5) is 5.69 Å². The molecule has 0 aliphatic heterocycles. The van der Waals surface area contributed by atoms with E-state index in [2.05, 4.69) is 165 Å². The summed E-state index contributed by atoms with van der Waals surface area (Å²) in [6, 6.07) is 65.1. The van der Waals surface area contributed by atoms with Crippen LogP contribution in [0.3, 0.4) is 0 Å². The molecular formula is C61H31N5S2. The number of fused-ring (bicyclic) bond motifs is 13. The monoisotopic (exact) mass is 897 g/mol. The van der Waals surface area contributed by atoms with E-state index in [9.17, 15) is 11.8 Å². The zero-order valence-electron chi connectivity index (χ0n) is 36.0. The average Bonchev–Trinajstić information content (AvgIpc) is 4.15. The van der Waals surface area contributed by atoms with Crippen molar-refractivity contribution >= 4 is 134 Å². The highest BCUT2D eigenvalue weighted by Crippen LogP contribution is 2.55. The van der Waals surface area contributed by atoms with Gasteiger partial charge in [0.2, 0.25) is 5.69 Å². The Labute approximate surface area is 396 Å². The number of nitriles is 1. The van der Waals surface area contributed by atoms with Crippen molar-refractivity contribution in [2.45, 2.75) is 0 Å². The summed E-state index contributed by atoms with van der Waals surface area (Å²) < 4.78 is 9.49. The number of nitrogens with zero attached hydrogens (tertiary/aromatic N) is 5. The second-order valence-electron chi connectivity index (χ2n) is 17.5. The molecular weight excluding hydrogens is 867 g/mol. The van der Waals surface area contributed by atoms with Gasteiger partial charge in [-0.1, -0.05) is 133 Å². The number of pyridine rings is 1. The summed E-state index contributed by atoms with van der Waals surface area (Å²) in [6.45, 7) is 9.34. The molecule has 0 aliphatic rings. The Morgan fingerprint density at radius 3 is 1.79 bits per heavy atom. The molecule has 5 aromatic heterocycles. The molecule has 0 fully saturated rings. The van der Waals surface area contributed by atoms with Crippen molar-refractivity contribution in [1.82, 2.24) is 14.1 Å². The second kappa shape index (κ2) is 13.8. The van der Waals surface area contributed by atoms with E-state index in [1.807, 2.05) is 48.8 Å². The molecule has 0 unspecified atom stereocenters. The summed E-state index contributed by atoms with van der Waals surface area (Å²) in [7, 11) is 0. The van der Waals surface area contributed by atoms with E-state index in [1.165, 1.54) is 35.6 Å². The lowest BCUT2D eigenvalue weighted by Crippen LogP contribution is -2.08. The van der Waals surface area contributed by atoms with E-state index in [0.717, 1.165) is 97.9 Å². The maximum atomic E-state index is 12.1. The molecule has 0 atom stereocenters. The zero-order valence-corrected chi connectivity index (χ0v) is 37.6. The number of thiophene rings is 2. The number of hydrogen-bond acceptors (Lipinski definition) is 4. The van der Waals surface area contributed by atoms with Gasteiger partial charge in [-0.05, 0) is 69.8 Å². The third kappa shape index (κ3) is 4.83.